The smallest absolute Gasteiger partial charge is 0.326 e. The predicted octanol–water partition coefficient (Wildman–Crippen LogP) is 1.57. The Hall–Kier alpha value is -1.78. The van der Waals surface area contributed by atoms with E-state index in [1.54, 1.807) is 6.92 Å². The number of rotatable bonds is 5. The third-order valence-corrected chi connectivity index (χ3v) is 2.28. The van der Waals surface area contributed by atoms with Crippen LogP contribution in [0.4, 0.5) is 0 Å². The van der Waals surface area contributed by atoms with E-state index in [0.717, 1.165) is 0 Å². The summed E-state index contributed by atoms with van der Waals surface area (Å²) in [7, 11) is 0. The SMILES string of the molecule is CCC[C@@H](NC(=O)c1ccoc1C)C(=O)O. The molecule has 0 bridgehead atoms. The molecule has 5 nitrogen and oxygen atoms in total. The van der Waals surface area contributed by atoms with E-state index in [-0.39, 0.29) is 0 Å². The van der Waals surface area contributed by atoms with Gasteiger partial charge in [-0.15, -0.1) is 0 Å². The number of carboxylic acid groups (broad SMARTS) is 1. The number of amides is 1. The molecule has 0 aromatic carbocycles. The summed E-state index contributed by atoms with van der Waals surface area (Å²) in [6.45, 7) is 3.52. The minimum atomic E-state index is -1.02. The van der Waals surface area contributed by atoms with Crippen molar-refractivity contribution in [1.82, 2.24) is 5.32 Å². The van der Waals surface area contributed by atoms with Crippen LogP contribution in [0.15, 0.2) is 16.7 Å². The molecule has 88 valence electrons. The molecule has 1 rings (SSSR count). The van der Waals surface area contributed by atoms with E-state index in [2.05, 4.69) is 5.32 Å². The van der Waals surface area contributed by atoms with Crippen molar-refractivity contribution in [3.63, 3.8) is 0 Å². The van der Waals surface area contributed by atoms with Gasteiger partial charge in [0.1, 0.15) is 11.8 Å². The second-order valence-electron chi connectivity index (χ2n) is 3.54. The molecular formula is C11H15NO4. The number of hydrogen-bond acceptors (Lipinski definition) is 3. The van der Waals surface area contributed by atoms with Crippen molar-refractivity contribution in [2.75, 3.05) is 0 Å². The lowest BCUT2D eigenvalue weighted by molar-refractivity contribution is -0.139. The molecule has 1 amide bonds. The standard InChI is InChI=1S/C11H15NO4/c1-3-4-9(11(14)15)12-10(13)8-5-6-16-7(8)2/h5-6,9H,3-4H2,1-2H3,(H,12,13)(H,14,15)/t9-/m1/s1. The van der Waals surface area contributed by atoms with Crippen LogP contribution in [-0.4, -0.2) is 23.0 Å². The third-order valence-electron chi connectivity index (χ3n) is 2.28. The Morgan fingerprint density at radius 1 is 1.56 bits per heavy atom. The molecular weight excluding hydrogens is 210 g/mol. The van der Waals surface area contributed by atoms with Crippen LogP contribution in [-0.2, 0) is 4.79 Å². The van der Waals surface area contributed by atoms with Gasteiger partial charge in [0, 0.05) is 0 Å². The summed E-state index contributed by atoms with van der Waals surface area (Å²) in [5.41, 5.74) is 0.377. The normalized spacial score (nSPS) is 12.1. The lowest BCUT2D eigenvalue weighted by Crippen LogP contribution is -2.40. The Kier molecular flexibility index (Phi) is 4.10. The number of carbonyl (C=O) groups excluding carboxylic acids is 1. The van der Waals surface area contributed by atoms with E-state index < -0.39 is 17.9 Å². The predicted molar refractivity (Wildman–Crippen MR) is 57.2 cm³/mol. The molecule has 1 aromatic heterocycles. The van der Waals surface area contributed by atoms with Crippen LogP contribution < -0.4 is 5.32 Å². The van der Waals surface area contributed by atoms with Gasteiger partial charge in [-0.2, -0.15) is 0 Å². The molecule has 5 heteroatoms. The van der Waals surface area contributed by atoms with Gasteiger partial charge in [-0.3, -0.25) is 4.79 Å². The first kappa shape index (κ1) is 12.3. The topological polar surface area (TPSA) is 79.5 Å². The molecule has 0 aliphatic carbocycles. The molecule has 0 spiro atoms. The summed E-state index contributed by atoms with van der Waals surface area (Å²) in [6.07, 6.45) is 2.51. The highest BCUT2D eigenvalue weighted by Gasteiger charge is 2.21. The first-order valence-electron chi connectivity index (χ1n) is 5.14. The Balaban J connectivity index is 2.69. The minimum Gasteiger partial charge on any atom is -0.480 e. The first-order valence-corrected chi connectivity index (χ1v) is 5.14. The van der Waals surface area contributed by atoms with Crippen LogP contribution in [0.2, 0.25) is 0 Å². The van der Waals surface area contributed by atoms with Crippen molar-refractivity contribution in [2.45, 2.75) is 32.7 Å². The highest BCUT2D eigenvalue weighted by Crippen LogP contribution is 2.09. The van der Waals surface area contributed by atoms with E-state index in [9.17, 15) is 9.59 Å². The van der Waals surface area contributed by atoms with E-state index in [0.29, 0.717) is 24.2 Å². The summed E-state index contributed by atoms with van der Waals surface area (Å²) in [5.74, 6) is -0.943. The fourth-order valence-corrected chi connectivity index (χ4v) is 1.40. The quantitative estimate of drug-likeness (QED) is 0.797. The third kappa shape index (κ3) is 2.85. The lowest BCUT2D eigenvalue weighted by Gasteiger charge is -2.12. The zero-order chi connectivity index (χ0) is 12.1. The molecule has 2 N–H and O–H groups in total. The number of furan rings is 1. The van der Waals surface area contributed by atoms with Crippen LogP contribution >= 0.6 is 0 Å². The van der Waals surface area contributed by atoms with Gasteiger partial charge in [0.15, 0.2) is 0 Å². The summed E-state index contributed by atoms with van der Waals surface area (Å²) >= 11 is 0. The number of nitrogens with one attached hydrogen (secondary N) is 1. The van der Waals surface area contributed by atoms with Crippen molar-refractivity contribution >= 4 is 11.9 Å². The number of aliphatic carboxylic acids is 1. The van der Waals surface area contributed by atoms with Crippen LogP contribution in [0.5, 0.6) is 0 Å². The van der Waals surface area contributed by atoms with Gasteiger partial charge in [-0.1, -0.05) is 13.3 Å². The first-order chi connectivity index (χ1) is 7.56. The van der Waals surface area contributed by atoms with Crippen molar-refractivity contribution in [1.29, 1.82) is 0 Å². The summed E-state index contributed by atoms with van der Waals surface area (Å²) in [4.78, 5) is 22.5. The van der Waals surface area contributed by atoms with Crippen molar-refractivity contribution < 1.29 is 19.1 Å². The molecule has 0 aliphatic heterocycles. The maximum atomic E-state index is 11.7. The Morgan fingerprint density at radius 2 is 2.25 bits per heavy atom. The van der Waals surface area contributed by atoms with Crippen LogP contribution in [0, 0.1) is 6.92 Å². The Labute approximate surface area is 93.4 Å². The highest BCUT2D eigenvalue weighted by molar-refractivity contribution is 5.97. The Morgan fingerprint density at radius 3 is 2.69 bits per heavy atom. The monoisotopic (exact) mass is 225 g/mol. The van der Waals surface area contributed by atoms with E-state index in [1.165, 1.54) is 12.3 Å². The fraction of sp³-hybridized carbons (Fsp3) is 0.455. The highest BCUT2D eigenvalue weighted by atomic mass is 16.4. The van der Waals surface area contributed by atoms with Crippen LogP contribution in [0.25, 0.3) is 0 Å². The fourth-order valence-electron chi connectivity index (χ4n) is 1.40. The largest absolute Gasteiger partial charge is 0.480 e. The average Bonchev–Trinajstić information content (AvgIpc) is 2.63. The van der Waals surface area contributed by atoms with Gasteiger partial charge in [-0.25, -0.2) is 4.79 Å². The maximum absolute atomic E-state index is 11.7. The molecule has 0 radical (unpaired) electrons. The Bertz CT molecular complexity index is 383. The summed E-state index contributed by atoms with van der Waals surface area (Å²) in [6, 6.07) is 0.682. The molecule has 1 heterocycles. The van der Waals surface area contributed by atoms with Crippen molar-refractivity contribution in [3.05, 3.63) is 23.7 Å². The zero-order valence-electron chi connectivity index (χ0n) is 9.32. The van der Waals surface area contributed by atoms with Gasteiger partial charge in [0.05, 0.1) is 11.8 Å². The molecule has 16 heavy (non-hydrogen) atoms. The number of aryl methyl sites for hydroxylation is 1. The average molecular weight is 225 g/mol. The van der Waals surface area contributed by atoms with Gasteiger partial charge in [0.2, 0.25) is 0 Å². The van der Waals surface area contributed by atoms with E-state index in [4.69, 9.17) is 9.52 Å². The van der Waals surface area contributed by atoms with Crippen LogP contribution in [0.3, 0.4) is 0 Å². The second-order valence-corrected chi connectivity index (χ2v) is 3.54. The van der Waals surface area contributed by atoms with E-state index >= 15 is 0 Å². The van der Waals surface area contributed by atoms with Gasteiger partial charge < -0.3 is 14.8 Å². The van der Waals surface area contributed by atoms with Crippen molar-refractivity contribution in [3.8, 4) is 0 Å². The lowest BCUT2D eigenvalue weighted by atomic mass is 10.1. The number of carboxylic acids is 1. The van der Waals surface area contributed by atoms with Crippen molar-refractivity contribution in [2.24, 2.45) is 0 Å². The molecule has 0 saturated heterocycles. The molecule has 0 unspecified atom stereocenters. The number of carbonyl (C=O) groups is 2. The minimum absolute atomic E-state index is 0.377. The molecule has 1 aromatic rings. The molecule has 1 atom stereocenters. The van der Waals surface area contributed by atoms with Gasteiger partial charge >= 0.3 is 5.97 Å². The maximum Gasteiger partial charge on any atom is 0.326 e. The van der Waals surface area contributed by atoms with Gasteiger partial charge in [0.25, 0.3) is 5.91 Å². The summed E-state index contributed by atoms with van der Waals surface area (Å²) < 4.78 is 4.98. The van der Waals surface area contributed by atoms with E-state index in [1.807, 2.05) is 6.92 Å². The zero-order valence-corrected chi connectivity index (χ0v) is 9.32. The summed E-state index contributed by atoms with van der Waals surface area (Å²) in [5, 5.41) is 11.3. The second kappa shape index (κ2) is 5.34. The van der Waals surface area contributed by atoms with Crippen LogP contribution in [0.1, 0.15) is 35.9 Å². The molecule has 0 aliphatic rings. The molecule has 0 saturated carbocycles. The van der Waals surface area contributed by atoms with Gasteiger partial charge in [-0.05, 0) is 19.4 Å². The number of hydrogen-bond donors (Lipinski definition) is 2. The molecule has 0 fully saturated rings.